The Morgan fingerprint density at radius 1 is 0.365 bits per heavy atom. The molecule has 0 fully saturated rings. The Labute approximate surface area is 384 Å². The molecule has 0 bridgehead atoms. The average Bonchev–Trinajstić information content (AvgIpc) is 3.25. The number of carbonyl (C=O) groups is 3. The summed E-state index contributed by atoms with van der Waals surface area (Å²) in [7, 11) is -8.16. The molecule has 0 aliphatic heterocycles. The maximum Gasteiger partial charge on any atom is 0.500 e. The van der Waals surface area contributed by atoms with E-state index in [0.717, 1.165) is 38.1 Å². The van der Waals surface area contributed by atoms with Gasteiger partial charge >= 0.3 is 44.3 Å². The average molecular weight is 959 g/mol. The summed E-state index contributed by atoms with van der Waals surface area (Å²) < 4.78 is 70.7. The molecule has 0 heterocycles. The number of rotatable bonds is 46. The lowest BCUT2D eigenvalue weighted by molar-refractivity contribution is -0.162. The van der Waals surface area contributed by atoms with Crippen LogP contribution >= 0.6 is 0 Å². The fourth-order valence-corrected chi connectivity index (χ4v) is 14.7. The van der Waals surface area contributed by atoms with Crippen molar-refractivity contribution in [2.45, 2.75) is 152 Å². The Morgan fingerprint density at radius 3 is 0.952 bits per heavy atom. The van der Waals surface area contributed by atoms with Crippen molar-refractivity contribution in [3.63, 3.8) is 0 Å². The minimum Gasteiger partial charge on any atom is -0.465 e. The maximum absolute atomic E-state index is 13.0. The Hall–Kier alpha value is -1.38. The first-order chi connectivity index (χ1) is 30.4. The molecule has 2 N–H and O–H groups in total. The van der Waals surface area contributed by atoms with Crippen LogP contribution in [-0.2, 0) is 68.4 Å². The zero-order valence-corrected chi connectivity index (χ0v) is 44.1. The molecule has 0 amide bonds. The van der Waals surface area contributed by atoms with Gasteiger partial charge < -0.3 is 64.7 Å². The summed E-state index contributed by atoms with van der Waals surface area (Å²) in [6.07, 6.45) is 5.77. The number of esters is 3. The number of hydrogen-bond donors (Lipinski definition) is 2. The molecule has 0 atom stereocenters. The Morgan fingerprint density at radius 2 is 0.651 bits per heavy atom. The van der Waals surface area contributed by atoms with Crippen molar-refractivity contribution in [3.8, 4) is 0 Å². The predicted molar refractivity (Wildman–Crippen MR) is 249 cm³/mol. The smallest absolute Gasteiger partial charge is 0.465 e. The van der Waals surface area contributed by atoms with Crippen molar-refractivity contribution in [1.29, 1.82) is 0 Å². The van der Waals surface area contributed by atoms with E-state index in [0.29, 0.717) is 111 Å². The molecule has 0 rings (SSSR count). The van der Waals surface area contributed by atoms with Gasteiger partial charge in [0.1, 0.15) is 19.8 Å². The summed E-state index contributed by atoms with van der Waals surface area (Å²) in [6, 6.07) is 2.07. The minimum absolute atomic E-state index is 0.0547. The van der Waals surface area contributed by atoms with Gasteiger partial charge in [-0.1, -0.05) is 19.8 Å². The van der Waals surface area contributed by atoms with Gasteiger partial charge in [0.25, 0.3) is 0 Å². The largest absolute Gasteiger partial charge is 0.500 e. The highest BCUT2D eigenvalue weighted by atomic mass is 28.4. The van der Waals surface area contributed by atoms with Gasteiger partial charge in [0.05, 0.1) is 18.3 Å². The van der Waals surface area contributed by atoms with E-state index < -0.39 is 43.8 Å². The molecule has 0 aromatic carbocycles. The van der Waals surface area contributed by atoms with E-state index in [4.69, 9.17) is 54.0 Å². The third-order valence-corrected chi connectivity index (χ3v) is 19.4. The van der Waals surface area contributed by atoms with Crippen molar-refractivity contribution in [3.05, 3.63) is 0 Å². The molecule has 374 valence electrons. The molecule has 0 aromatic heterocycles. The molecule has 0 unspecified atom stereocenters. The summed E-state index contributed by atoms with van der Waals surface area (Å²) in [5.41, 5.74) is -0.911. The maximum atomic E-state index is 13.0. The van der Waals surface area contributed by atoms with Crippen molar-refractivity contribution in [2.75, 3.05) is 105 Å². The molecule has 17 nitrogen and oxygen atoms in total. The van der Waals surface area contributed by atoms with Gasteiger partial charge in [0, 0.05) is 97.1 Å². The van der Waals surface area contributed by atoms with Crippen LogP contribution in [0.4, 0.5) is 0 Å². The highest BCUT2D eigenvalue weighted by Crippen LogP contribution is 2.26. The summed E-state index contributed by atoms with van der Waals surface area (Å²) in [5.74, 6) is -1.16. The van der Waals surface area contributed by atoms with Crippen LogP contribution in [0.3, 0.4) is 0 Å². The summed E-state index contributed by atoms with van der Waals surface area (Å²) >= 11 is 0. The van der Waals surface area contributed by atoms with Crippen LogP contribution in [0, 0.1) is 5.41 Å². The van der Waals surface area contributed by atoms with Crippen LogP contribution in [0.1, 0.15) is 133 Å². The van der Waals surface area contributed by atoms with Crippen molar-refractivity contribution in [1.82, 2.24) is 10.6 Å². The number of unbranched alkanes of at least 4 members (excludes halogenated alkanes) is 3. The predicted octanol–water partition coefficient (Wildman–Crippen LogP) is 6.85. The Kier molecular flexibility index (Phi) is 37.9. The first kappa shape index (κ1) is 61.6. The fourth-order valence-electron chi connectivity index (χ4n) is 6.81. The molecule has 0 saturated carbocycles. The summed E-state index contributed by atoms with van der Waals surface area (Å²) in [5, 5.41) is 6.59. The molecule has 0 spiro atoms. The SMILES string of the molecule is CCO[Si](CCCCCCC(=O)OCC(CC)(COC(=O)CCNCCC[Si](OCC)(OCC)OCC)COC(=O)CCNCCC[Si](OCC)(OCC)OCC)(OCC)OCC. The molecule has 0 radical (unpaired) electrons. The lowest BCUT2D eigenvalue weighted by atomic mass is 9.88. The third kappa shape index (κ3) is 28.4. The van der Waals surface area contributed by atoms with Crippen LogP contribution in [-0.4, -0.2) is 150 Å². The number of carbonyl (C=O) groups excluding carboxylic acids is 3. The quantitative estimate of drug-likeness (QED) is 0.0279. The topological polar surface area (TPSA) is 186 Å². The Balaban J connectivity index is 5.28. The molecule has 63 heavy (non-hydrogen) atoms. The van der Waals surface area contributed by atoms with E-state index in [-0.39, 0.29) is 45.1 Å². The van der Waals surface area contributed by atoms with Gasteiger partial charge in [0.15, 0.2) is 0 Å². The van der Waals surface area contributed by atoms with E-state index in [1.807, 2.05) is 69.2 Å². The monoisotopic (exact) mass is 959 g/mol. The highest BCUT2D eigenvalue weighted by molar-refractivity contribution is 6.61. The fraction of sp³-hybridized carbons (Fsp3) is 0.930. The Bertz CT molecular complexity index is 965. The molecular formula is C43H90N2O15Si3. The zero-order chi connectivity index (χ0) is 47.1. The normalized spacial score (nSPS) is 12.5. The van der Waals surface area contributed by atoms with E-state index in [1.165, 1.54) is 0 Å². The lowest BCUT2D eigenvalue weighted by Gasteiger charge is -2.31. The van der Waals surface area contributed by atoms with Crippen molar-refractivity contribution >= 4 is 44.3 Å². The molecule has 0 aromatic rings. The van der Waals surface area contributed by atoms with Crippen LogP contribution in [0.5, 0.6) is 0 Å². The van der Waals surface area contributed by atoms with Crippen LogP contribution in [0.15, 0.2) is 0 Å². The molecule has 20 heteroatoms. The highest BCUT2D eigenvalue weighted by Gasteiger charge is 2.41. The van der Waals surface area contributed by atoms with Crippen LogP contribution in [0.2, 0.25) is 18.1 Å². The standard InChI is InChI=1S/C43H90N2O15Si3/c1-11-43(37-49-40(46)27-23-21-22-24-34-61(52-12-2,53-13-3)54-14-4,38-50-41(47)28-32-44-30-25-35-62(55-15-5,56-16-6)57-17-7)39-51-42(48)29-33-45-31-26-36-63(58-18-8,59-19-9)60-20-10/h44-45H,11-39H2,1-10H3. The second kappa shape index (κ2) is 38.7. The van der Waals surface area contributed by atoms with Gasteiger partial charge in [-0.2, -0.15) is 0 Å². The third-order valence-electron chi connectivity index (χ3n) is 9.94. The van der Waals surface area contributed by atoms with Crippen LogP contribution in [0.25, 0.3) is 0 Å². The second-order valence-corrected chi connectivity index (χ2v) is 23.1. The van der Waals surface area contributed by atoms with E-state index in [2.05, 4.69) is 10.6 Å². The first-order valence-electron chi connectivity index (χ1n) is 24.0. The summed E-state index contributed by atoms with van der Waals surface area (Å²) in [4.78, 5) is 38.9. The van der Waals surface area contributed by atoms with E-state index in [1.54, 1.807) is 0 Å². The molecule has 0 aliphatic carbocycles. The van der Waals surface area contributed by atoms with Crippen molar-refractivity contribution < 1.29 is 68.4 Å². The van der Waals surface area contributed by atoms with Crippen molar-refractivity contribution in [2.24, 2.45) is 5.41 Å². The second-order valence-electron chi connectivity index (χ2n) is 14.9. The number of hydrogen-bond acceptors (Lipinski definition) is 17. The molecule has 0 aliphatic rings. The first-order valence-corrected chi connectivity index (χ1v) is 29.8. The lowest BCUT2D eigenvalue weighted by Crippen LogP contribution is -2.46. The molecular weight excluding hydrogens is 869 g/mol. The van der Waals surface area contributed by atoms with Gasteiger partial charge in [-0.05, 0) is 108 Å². The number of nitrogens with one attached hydrogen (secondary N) is 2. The minimum atomic E-state index is -2.73. The zero-order valence-electron chi connectivity index (χ0n) is 41.1. The summed E-state index contributed by atoms with van der Waals surface area (Å²) in [6.45, 7) is 26.0. The number of ether oxygens (including phenoxy) is 3. The van der Waals surface area contributed by atoms with E-state index >= 15 is 0 Å². The van der Waals surface area contributed by atoms with E-state index in [9.17, 15) is 14.4 Å². The van der Waals surface area contributed by atoms with Gasteiger partial charge in [0.2, 0.25) is 0 Å². The van der Waals surface area contributed by atoms with Gasteiger partial charge in [-0.25, -0.2) is 0 Å². The molecule has 0 saturated heterocycles. The van der Waals surface area contributed by atoms with Gasteiger partial charge in [-0.15, -0.1) is 0 Å². The van der Waals surface area contributed by atoms with Crippen LogP contribution < -0.4 is 10.6 Å². The van der Waals surface area contributed by atoms with Gasteiger partial charge in [-0.3, -0.25) is 14.4 Å².